The van der Waals surface area contributed by atoms with E-state index in [-0.39, 0.29) is 9.92 Å². The maximum Gasteiger partial charge on any atom is 0.254 e. The van der Waals surface area contributed by atoms with Crippen molar-refractivity contribution in [3.63, 3.8) is 0 Å². The standard InChI is InChI=1S/C12H19ClN4O2S/c1-16-4-6-17(7-5-16)15-20(18,19)12-3-2-10(9-14)8-11(12)13/h2-3,8,15H,4-7,9,14H2,1H3. The van der Waals surface area contributed by atoms with Gasteiger partial charge in [-0.3, -0.25) is 0 Å². The second-order valence-electron chi connectivity index (χ2n) is 4.85. The largest absolute Gasteiger partial charge is 0.326 e. The van der Waals surface area contributed by atoms with Crippen LogP contribution in [0.4, 0.5) is 0 Å². The minimum atomic E-state index is -3.65. The van der Waals surface area contributed by atoms with Gasteiger partial charge in [0.25, 0.3) is 10.0 Å². The maximum absolute atomic E-state index is 12.3. The highest BCUT2D eigenvalue weighted by atomic mass is 35.5. The fourth-order valence-corrected chi connectivity index (χ4v) is 3.70. The molecule has 8 heteroatoms. The first kappa shape index (κ1) is 15.7. The molecule has 1 aliphatic rings. The van der Waals surface area contributed by atoms with Crippen LogP contribution in [-0.2, 0) is 16.6 Å². The molecule has 0 aromatic heterocycles. The highest BCUT2D eigenvalue weighted by molar-refractivity contribution is 7.89. The van der Waals surface area contributed by atoms with E-state index >= 15 is 0 Å². The molecule has 0 spiro atoms. The molecule has 0 unspecified atom stereocenters. The monoisotopic (exact) mass is 318 g/mol. The molecule has 6 nitrogen and oxygen atoms in total. The Balaban J connectivity index is 2.14. The van der Waals surface area contributed by atoms with Crippen LogP contribution in [-0.4, -0.2) is 51.6 Å². The molecule has 20 heavy (non-hydrogen) atoms. The number of nitrogens with one attached hydrogen (secondary N) is 1. The molecule has 0 amide bonds. The summed E-state index contributed by atoms with van der Waals surface area (Å²) in [7, 11) is -1.64. The summed E-state index contributed by atoms with van der Waals surface area (Å²) in [6.07, 6.45) is 0. The average Bonchev–Trinajstić information content (AvgIpc) is 2.40. The molecule has 0 bridgehead atoms. The Morgan fingerprint density at radius 1 is 1.30 bits per heavy atom. The van der Waals surface area contributed by atoms with E-state index in [1.165, 1.54) is 6.07 Å². The Morgan fingerprint density at radius 3 is 2.50 bits per heavy atom. The van der Waals surface area contributed by atoms with E-state index in [9.17, 15) is 8.42 Å². The Hall–Kier alpha value is -0.700. The SMILES string of the molecule is CN1CCN(NS(=O)(=O)c2ccc(CN)cc2Cl)CC1. The van der Waals surface area contributed by atoms with E-state index in [0.717, 1.165) is 18.7 Å². The van der Waals surface area contributed by atoms with Crippen molar-refractivity contribution in [1.29, 1.82) is 0 Å². The van der Waals surface area contributed by atoms with Crippen molar-refractivity contribution in [3.05, 3.63) is 28.8 Å². The third-order valence-electron chi connectivity index (χ3n) is 3.27. The van der Waals surface area contributed by atoms with Crippen LogP contribution >= 0.6 is 11.6 Å². The molecule has 1 fully saturated rings. The summed E-state index contributed by atoms with van der Waals surface area (Å²) in [5.74, 6) is 0. The van der Waals surface area contributed by atoms with Gasteiger partial charge in [0.2, 0.25) is 0 Å². The van der Waals surface area contributed by atoms with Crippen molar-refractivity contribution in [2.75, 3.05) is 33.2 Å². The summed E-state index contributed by atoms with van der Waals surface area (Å²) in [6.45, 7) is 3.26. The fraction of sp³-hybridized carbons (Fsp3) is 0.500. The summed E-state index contributed by atoms with van der Waals surface area (Å²) in [4.78, 5) is 4.80. The Kier molecular flexibility index (Phi) is 5.00. The molecule has 1 saturated heterocycles. The predicted molar refractivity (Wildman–Crippen MR) is 78.7 cm³/mol. The molecule has 1 aliphatic heterocycles. The number of hydrazine groups is 1. The van der Waals surface area contributed by atoms with Gasteiger partial charge in [0.15, 0.2) is 0 Å². The molecule has 1 heterocycles. The van der Waals surface area contributed by atoms with E-state index in [2.05, 4.69) is 9.73 Å². The number of piperazine rings is 1. The van der Waals surface area contributed by atoms with Gasteiger partial charge < -0.3 is 10.6 Å². The first-order valence-corrected chi connectivity index (χ1v) is 8.23. The number of nitrogens with two attached hydrogens (primary N) is 1. The fourth-order valence-electron chi connectivity index (χ4n) is 2.01. The topological polar surface area (TPSA) is 78.7 Å². The van der Waals surface area contributed by atoms with Gasteiger partial charge in [0.1, 0.15) is 4.90 Å². The lowest BCUT2D eigenvalue weighted by molar-refractivity contribution is 0.135. The van der Waals surface area contributed by atoms with Crippen LogP contribution in [0, 0.1) is 0 Å². The molecule has 112 valence electrons. The molecule has 0 aliphatic carbocycles. The van der Waals surface area contributed by atoms with Crippen molar-refractivity contribution >= 4 is 21.6 Å². The van der Waals surface area contributed by atoms with Gasteiger partial charge in [0, 0.05) is 32.7 Å². The number of benzene rings is 1. The van der Waals surface area contributed by atoms with Gasteiger partial charge in [-0.25, -0.2) is 13.4 Å². The van der Waals surface area contributed by atoms with E-state index in [0.29, 0.717) is 19.6 Å². The number of likely N-dealkylation sites (N-methyl/N-ethyl adjacent to an activating group) is 1. The van der Waals surface area contributed by atoms with Gasteiger partial charge in [-0.05, 0) is 24.7 Å². The van der Waals surface area contributed by atoms with Crippen molar-refractivity contribution in [2.24, 2.45) is 5.73 Å². The Bertz CT molecular complexity index is 571. The van der Waals surface area contributed by atoms with Gasteiger partial charge in [-0.2, -0.15) is 0 Å². The number of halogens is 1. The van der Waals surface area contributed by atoms with Crippen LogP contribution in [0.1, 0.15) is 5.56 Å². The van der Waals surface area contributed by atoms with Gasteiger partial charge in [0.05, 0.1) is 5.02 Å². The average molecular weight is 319 g/mol. The van der Waals surface area contributed by atoms with Crippen molar-refractivity contribution < 1.29 is 8.42 Å². The molecular formula is C12H19ClN4O2S. The molecule has 0 saturated carbocycles. The summed E-state index contributed by atoms with van der Waals surface area (Å²) < 4.78 is 24.6. The van der Waals surface area contributed by atoms with Crippen LogP contribution in [0.2, 0.25) is 5.02 Å². The smallest absolute Gasteiger partial charge is 0.254 e. The normalized spacial score (nSPS) is 18.4. The number of hydrogen-bond acceptors (Lipinski definition) is 5. The second-order valence-corrected chi connectivity index (χ2v) is 6.89. The zero-order chi connectivity index (χ0) is 14.8. The zero-order valence-corrected chi connectivity index (χ0v) is 12.9. The molecule has 0 atom stereocenters. The lowest BCUT2D eigenvalue weighted by Crippen LogP contribution is -2.52. The van der Waals surface area contributed by atoms with Crippen molar-refractivity contribution in [2.45, 2.75) is 11.4 Å². The van der Waals surface area contributed by atoms with Crippen molar-refractivity contribution in [1.82, 2.24) is 14.7 Å². The van der Waals surface area contributed by atoms with Crippen LogP contribution in [0.3, 0.4) is 0 Å². The third-order valence-corrected chi connectivity index (χ3v) is 5.13. The number of hydrogen-bond donors (Lipinski definition) is 2. The molecule has 3 N–H and O–H groups in total. The first-order chi connectivity index (χ1) is 9.42. The van der Waals surface area contributed by atoms with Crippen molar-refractivity contribution in [3.8, 4) is 0 Å². The van der Waals surface area contributed by atoms with Crippen LogP contribution in [0.25, 0.3) is 0 Å². The van der Waals surface area contributed by atoms with E-state index in [4.69, 9.17) is 17.3 Å². The summed E-state index contributed by atoms with van der Waals surface area (Å²) in [6, 6.07) is 4.74. The number of nitrogens with zero attached hydrogens (tertiary/aromatic N) is 2. The van der Waals surface area contributed by atoms with Gasteiger partial charge in [-0.1, -0.05) is 17.7 Å². The lowest BCUT2D eigenvalue weighted by atomic mass is 10.2. The summed E-state index contributed by atoms with van der Waals surface area (Å²) in [5, 5.41) is 1.89. The molecule has 2 rings (SSSR count). The minimum absolute atomic E-state index is 0.0790. The highest BCUT2D eigenvalue weighted by Gasteiger charge is 2.23. The van der Waals surface area contributed by atoms with E-state index in [1.54, 1.807) is 17.1 Å². The summed E-state index contributed by atoms with van der Waals surface area (Å²) in [5.41, 5.74) is 6.30. The van der Waals surface area contributed by atoms with Crippen LogP contribution < -0.4 is 10.6 Å². The first-order valence-electron chi connectivity index (χ1n) is 6.37. The molecule has 1 aromatic carbocycles. The summed E-state index contributed by atoms with van der Waals surface area (Å²) >= 11 is 6.03. The quantitative estimate of drug-likeness (QED) is 0.831. The van der Waals surface area contributed by atoms with Gasteiger partial charge in [-0.15, -0.1) is 4.83 Å². The maximum atomic E-state index is 12.3. The van der Waals surface area contributed by atoms with E-state index < -0.39 is 10.0 Å². The zero-order valence-electron chi connectivity index (χ0n) is 11.3. The highest BCUT2D eigenvalue weighted by Crippen LogP contribution is 2.22. The lowest BCUT2D eigenvalue weighted by Gasteiger charge is -2.32. The third kappa shape index (κ3) is 3.69. The Labute approximate surface area is 124 Å². The molecule has 0 radical (unpaired) electrons. The van der Waals surface area contributed by atoms with Gasteiger partial charge >= 0.3 is 0 Å². The number of sulfonamides is 1. The molecule has 1 aromatic rings. The second kappa shape index (κ2) is 6.38. The molecular weight excluding hydrogens is 300 g/mol. The van der Waals surface area contributed by atoms with Crippen LogP contribution in [0.5, 0.6) is 0 Å². The predicted octanol–water partition coefficient (Wildman–Crippen LogP) is 0.239. The number of rotatable bonds is 4. The Morgan fingerprint density at radius 2 is 1.95 bits per heavy atom. The van der Waals surface area contributed by atoms with E-state index in [1.807, 2.05) is 7.05 Å². The van der Waals surface area contributed by atoms with Crippen LogP contribution in [0.15, 0.2) is 23.1 Å². The minimum Gasteiger partial charge on any atom is -0.326 e.